The summed E-state index contributed by atoms with van der Waals surface area (Å²) in [6.07, 6.45) is -0.129. The zero-order valence-electron chi connectivity index (χ0n) is 5.50. The first kappa shape index (κ1) is 8.55. The lowest BCUT2D eigenvalue weighted by Crippen LogP contribution is -2.38. The fourth-order valence-corrected chi connectivity index (χ4v) is 0.376. The van der Waals surface area contributed by atoms with Crippen molar-refractivity contribution < 1.29 is 14.7 Å². The average Bonchev–Trinajstić information content (AvgIpc) is 1.82. The summed E-state index contributed by atoms with van der Waals surface area (Å²) >= 11 is 0. The number of hydrogen-bond donors (Lipinski definition) is 2. The van der Waals surface area contributed by atoms with Gasteiger partial charge in [-0.15, -0.1) is 0 Å². The molecule has 0 aromatic rings. The van der Waals surface area contributed by atoms with Crippen molar-refractivity contribution in [2.24, 2.45) is 0 Å². The molecule has 0 saturated carbocycles. The number of hydroxylamine groups is 1. The summed E-state index contributed by atoms with van der Waals surface area (Å²) in [5, 5.41) is 8.77. The molecule has 0 aliphatic carbocycles. The lowest BCUT2D eigenvalue weighted by molar-refractivity contribution is -0.116. The first-order valence-electron chi connectivity index (χ1n) is 2.64. The number of aliphatic hydroxyl groups excluding tert-OH is 1. The maximum atomic E-state index is 10.0. The third-order valence-corrected chi connectivity index (χ3v) is 0.920. The molecule has 0 bridgehead atoms. The van der Waals surface area contributed by atoms with E-state index in [0.29, 0.717) is 6.29 Å². The van der Waals surface area contributed by atoms with Gasteiger partial charge in [-0.05, 0) is 6.92 Å². The third kappa shape index (κ3) is 3.18. The van der Waals surface area contributed by atoms with Crippen LogP contribution in [0.3, 0.4) is 0 Å². The molecule has 0 rings (SSSR count). The van der Waals surface area contributed by atoms with Gasteiger partial charge in [0.05, 0.1) is 13.2 Å². The van der Waals surface area contributed by atoms with Crippen LogP contribution in [0.2, 0.25) is 0 Å². The van der Waals surface area contributed by atoms with Gasteiger partial charge in [0.15, 0.2) is 0 Å². The van der Waals surface area contributed by atoms with Crippen LogP contribution in [0, 0.1) is 0 Å². The van der Waals surface area contributed by atoms with Crippen LogP contribution >= 0.6 is 0 Å². The van der Waals surface area contributed by atoms with Crippen molar-refractivity contribution in [3.05, 3.63) is 0 Å². The van der Waals surface area contributed by atoms with Gasteiger partial charge in [-0.25, -0.2) is 0 Å². The smallest absolute Gasteiger partial charge is 0.141 e. The van der Waals surface area contributed by atoms with E-state index in [1.807, 2.05) is 0 Å². The highest BCUT2D eigenvalue weighted by atomic mass is 16.6. The molecule has 0 aliphatic heterocycles. The van der Waals surface area contributed by atoms with Crippen molar-refractivity contribution in [2.45, 2.75) is 19.1 Å². The second-order valence-electron chi connectivity index (χ2n) is 1.72. The third-order valence-electron chi connectivity index (χ3n) is 0.920. The molecule has 0 saturated heterocycles. The number of aldehydes is 1. The fourth-order valence-electron chi connectivity index (χ4n) is 0.376. The monoisotopic (exact) mass is 133 g/mol. The number of carbonyl (C=O) groups is 1. The largest absolute Gasteiger partial charge is 0.391 e. The molecule has 0 aliphatic rings. The van der Waals surface area contributed by atoms with Gasteiger partial charge < -0.3 is 14.7 Å². The van der Waals surface area contributed by atoms with Gasteiger partial charge in [0.25, 0.3) is 0 Å². The highest BCUT2D eigenvalue weighted by Crippen LogP contribution is 1.86. The number of hydrogen-bond acceptors (Lipinski definition) is 4. The van der Waals surface area contributed by atoms with Gasteiger partial charge in [0.1, 0.15) is 12.3 Å². The van der Waals surface area contributed by atoms with Gasteiger partial charge in [-0.2, -0.15) is 5.48 Å². The predicted molar refractivity (Wildman–Crippen MR) is 31.7 cm³/mol. The average molecular weight is 133 g/mol. The molecule has 0 heterocycles. The molecule has 9 heavy (non-hydrogen) atoms. The van der Waals surface area contributed by atoms with E-state index in [1.54, 1.807) is 0 Å². The summed E-state index contributed by atoms with van der Waals surface area (Å²) in [6.45, 7) is 1.51. The molecule has 0 aromatic carbocycles. The summed E-state index contributed by atoms with van der Waals surface area (Å²) in [5.74, 6) is 0. The molecule has 0 spiro atoms. The van der Waals surface area contributed by atoms with Crippen molar-refractivity contribution in [3.8, 4) is 0 Å². The number of aliphatic hydroxyl groups is 1. The fraction of sp³-hybridized carbons (Fsp3) is 0.800. The van der Waals surface area contributed by atoms with E-state index in [9.17, 15) is 4.79 Å². The Balaban J connectivity index is 3.54. The molecule has 54 valence electrons. The minimum absolute atomic E-state index is 0.591. The van der Waals surface area contributed by atoms with E-state index in [1.165, 1.54) is 14.0 Å². The Morgan fingerprint density at radius 3 is 2.44 bits per heavy atom. The Labute approximate surface area is 53.8 Å². The SMILES string of the molecule is CON[C@H](C=O)[C@@H](C)O. The Kier molecular flexibility index (Phi) is 4.21. The summed E-state index contributed by atoms with van der Waals surface area (Å²) in [7, 11) is 1.39. The van der Waals surface area contributed by atoms with Crippen LogP contribution < -0.4 is 5.48 Å². The summed E-state index contributed by atoms with van der Waals surface area (Å²) in [5.41, 5.74) is 2.31. The Hall–Kier alpha value is -0.450. The first-order chi connectivity index (χ1) is 4.22. The molecular weight excluding hydrogens is 122 g/mol. The van der Waals surface area contributed by atoms with Crippen LogP contribution in [-0.2, 0) is 9.63 Å². The van der Waals surface area contributed by atoms with Crippen molar-refractivity contribution in [2.75, 3.05) is 7.11 Å². The van der Waals surface area contributed by atoms with Gasteiger partial charge >= 0.3 is 0 Å². The summed E-state index contributed by atoms with van der Waals surface area (Å²) in [6, 6.07) is -0.630. The second kappa shape index (κ2) is 4.43. The highest BCUT2D eigenvalue weighted by molar-refractivity contribution is 5.58. The van der Waals surface area contributed by atoms with Gasteiger partial charge in [-0.1, -0.05) is 0 Å². The molecule has 4 heteroatoms. The molecule has 0 unspecified atom stereocenters. The van der Waals surface area contributed by atoms with Crippen LogP contribution in [0.4, 0.5) is 0 Å². The maximum absolute atomic E-state index is 10.0. The van der Waals surface area contributed by atoms with E-state index >= 15 is 0 Å². The first-order valence-corrected chi connectivity index (χ1v) is 2.64. The van der Waals surface area contributed by atoms with E-state index in [0.717, 1.165) is 0 Å². The quantitative estimate of drug-likeness (QED) is 0.385. The number of nitrogens with one attached hydrogen (secondary N) is 1. The standard InChI is InChI=1S/C5H11NO3/c1-4(8)5(3-7)6-9-2/h3-6,8H,1-2H3/t4-,5-/m1/s1. The Morgan fingerprint density at radius 2 is 2.33 bits per heavy atom. The van der Waals surface area contributed by atoms with Crippen molar-refractivity contribution in [3.63, 3.8) is 0 Å². The zero-order chi connectivity index (χ0) is 7.28. The van der Waals surface area contributed by atoms with Crippen molar-refractivity contribution in [1.82, 2.24) is 5.48 Å². The Bertz CT molecular complexity index is 84.3. The van der Waals surface area contributed by atoms with E-state index in [-0.39, 0.29) is 0 Å². The lowest BCUT2D eigenvalue weighted by atomic mass is 10.2. The molecule has 4 nitrogen and oxygen atoms in total. The normalized spacial score (nSPS) is 16.8. The summed E-state index contributed by atoms with van der Waals surface area (Å²) in [4.78, 5) is 14.4. The predicted octanol–water partition coefficient (Wildman–Crippen LogP) is -0.914. The lowest BCUT2D eigenvalue weighted by Gasteiger charge is -2.12. The van der Waals surface area contributed by atoms with E-state index in [2.05, 4.69) is 10.3 Å². The number of carbonyl (C=O) groups excluding carboxylic acids is 1. The van der Waals surface area contributed by atoms with Gasteiger partial charge in [0.2, 0.25) is 0 Å². The molecule has 0 radical (unpaired) electrons. The molecule has 2 atom stereocenters. The molecule has 0 fully saturated rings. The van der Waals surface area contributed by atoms with Crippen LogP contribution in [0.1, 0.15) is 6.92 Å². The second-order valence-corrected chi connectivity index (χ2v) is 1.72. The van der Waals surface area contributed by atoms with Crippen LogP contribution in [0.25, 0.3) is 0 Å². The van der Waals surface area contributed by atoms with E-state index < -0.39 is 12.1 Å². The van der Waals surface area contributed by atoms with Crippen molar-refractivity contribution >= 4 is 6.29 Å². The van der Waals surface area contributed by atoms with E-state index in [4.69, 9.17) is 5.11 Å². The highest BCUT2D eigenvalue weighted by Gasteiger charge is 2.11. The minimum Gasteiger partial charge on any atom is -0.391 e. The van der Waals surface area contributed by atoms with Gasteiger partial charge in [-0.3, -0.25) is 0 Å². The molecule has 0 amide bonds. The van der Waals surface area contributed by atoms with Crippen molar-refractivity contribution in [1.29, 1.82) is 0 Å². The van der Waals surface area contributed by atoms with Crippen LogP contribution in [0.15, 0.2) is 0 Å². The zero-order valence-corrected chi connectivity index (χ0v) is 5.50. The van der Waals surface area contributed by atoms with Crippen LogP contribution in [0.5, 0.6) is 0 Å². The molecule has 0 aromatic heterocycles. The molecule has 2 N–H and O–H groups in total. The van der Waals surface area contributed by atoms with Gasteiger partial charge in [0, 0.05) is 0 Å². The topological polar surface area (TPSA) is 58.6 Å². The Morgan fingerprint density at radius 1 is 1.78 bits per heavy atom. The minimum atomic E-state index is -0.720. The maximum Gasteiger partial charge on any atom is 0.141 e. The summed E-state index contributed by atoms with van der Waals surface area (Å²) < 4.78 is 0. The molecular formula is C5H11NO3. The number of rotatable bonds is 4. The van der Waals surface area contributed by atoms with Crippen LogP contribution in [-0.4, -0.2) is 30.6 Å².